The smallest absolute Gasteiger partial charge is 0.119 e. The minimum Gasteiger partial charge on any atom is -0.497 e. The van der Waals surface area contributed by atoms with E-state index < -0.39 is 5.60 Å². The number of halogens is 2. The third-order valence-corrected chi connectivity index (χ3v) is 4.62. The van der Waals surface area contributed by atoms with E-state index in [9.17, 15) is 5.11 Å². The number of ether oxygens (including phenoxy) is 1. The Kier molecular flexibility index (Phi) is 5.47. The van der Waals surface area contributed by atoms with Gasteiger partial charge in [0, 0.05) is 21.8 Å². The van der Waals surface area contributed by atoms with E-state index in [4.69, 9.17) is 4.74 Å². The second-order valence-electron chi connectivity index (χ2n) is 5.43. The Hall–Kier alpha value is -0.840. The van der Waals surface area contributed by atoms with Crippen molar-refractivity contribution in [3.05, 3.63) is 62.5 Å². The molecule has 0 aliphatic rings. The van der Waals surface area contributed by atoms with Crippen LogP contribution in [0.5, 0.6) is 5.75 Å². The highest BCUT2D eigenvalue weighted by atomic mass is 79.9. The van der Waals surface area contributed by atoms with Crippen LogP contribution in [0.15, 0.2) is 51.4 Å². The number of hydrogen-bond donors (Lipinski definition) is 1. The van der Waals surface area contributed by atoms with Crippen LogP contribution >= 0.6 is 31.9 Å². The summed E-state index contributed by atoms with van der Waals surface area (Å²) in [6.45, 7) is 1.86. The Labute approximate surface area is 142 Å². The van der Waals surface area contributed by atoms with Gasteiger partial charge in [0.1, 0.15) is 5.75 Å². The van der Waals surface area contributed by atoms with E-state index in [1.165, 1.54) is 0 Å². The average molecular weight is 414 g/mol. The summed E-state index contributed by atoms with van der Waals surface area (Å²) >= 11 is 6.96. The predicted molar refractivity (Wildman–Crippen MR) is 92.9 cm³/mol. The summed E-state index contributed by atoms with van der Waals surface area (Å²) in [7, 11) is 1.65. The van der Waals surface area contributed by atoms with Crippen LogP contribution < -0.4 is 4.74 Å². The van der Waals surface area contributed by atoms with Crippen molar-refractivity contribution >= 4 is 31.9 Å². The highest BCUT2D eigenvalue weighted by Gasteiger charge is 2.23. The lowest BCUT2D eigenvalue weighted by molar-refractivity contribution is 0.0606. The molecular formula is C17H18Br2O2. The molecule has 0 heterocycles. The predicted octanol–water partition coefficient (Wildman–Crippen LogP) is 4.76. The van der Waals surface area contributed by atoms with Crippen LogP contribution in [0.4, 0.5) is 0 Å². The molecule has 0 spiro atoms. The Bertz CT molecular complexity index is 607. The zero-order chi connectivity index (χ0) is 15.5. The van der Waals surface area contributed by atoms with Gasteiger partial charge >= 0.3 is 0 Å². The average Bonchev–Trinajstić information content (AvgIpc) is 2.43. The summed E-state index contributed by atoms with van der Waals surface area (Å²) in [6.07, 6.45) is 1.16. The fourth-order valence-electron chi connectivity index (χ4n) is 2.33. The molecule has 21 heavy (non-hydrogen) atoms. The summed E-state index contributed by atoms with van der Waals surface area (Å²) in [5, 5.41) is 10.7. The van der Waals surface area contributed by atoms with Crippen LogP contribution in [0, 0.1) is 0 Å². The van der Waals surface area contributed by atoms with Gasteiger partial charge in [-0.1, -0.05) is 44.0 Å². The van der Waals surface area contributed by atoms with Crippen molar-refractivity contribution in [1.29, 1.82) is 0 Å². The largest absolute Gasteiger partial charge is 0.497 e. The van der Waals surface area contributed by atoms with Crippen LogP contribution in [0.2, 0.25) is 0 Å². The van der Waals surface area contributed by atoms with Crippen molar-refractivity contribution in [2.45, 2.75) is 25.4 Å². The van der Waals surface area contributed by atoms with E-state index in [2.05, 4.69) is 31.9 Å². The maximum atomic E-state index is 10.7. The van der Waals surface area contributed by atoms with Crippen LogP contribution in [0.3, 0.4) is 0 Å². The number of benzene rings is 2. The molecule has 0 saturated carbocycles. The van der Waals surface area contributed by atoms with Gasteiger partial charge in [-0.3, -0.25) is 0 Å². The van der Waals surface area contributed by atoms with Gasteiger partial charge in [-0.2, -0.15) is 0 Å². The molecule has 0 fully saturated rings. The van der Waals surface area contributed by atoms with E-state index in [0.717, 1.165) is 25.8 Å². The molecule has 2 nitrogen and oxygen atoms in total. The number of methoxy groups -OCH3 is 1. The Morgan fingerprint density at radius 1 is 1.05 bits per heavy atom. The van der Waals surface area contributed by atoms with Gasteiger partial charge in [-0.25, -0.2) is 0 Å². The van der Waals surface area contributed by atoms with Crippen LogP contribution in [-0.4, -0.2) is 17.8 Å². The van der Waals surface area contributed by atoms with Crippen molar-refractivity contribution in [1.82, 2.24) is 0 Å². The van der Waals surface area contributed by atoms with E-state index >= 15 is 0 Å². The van der Waals surface area contributed by atoms with Crippen LogP contribution in [0.25, 0.3) is 0 Å². The normalized spacial score (nSPS) is 13.8. The first-order chi connectivity index (χ1) is 9.89. The standard InChI is InChI=1S/C17H18Br2O2/c1-17(20,10-12-3-5-14(18)6-4-12)11-13-9-15(21-2)7-8-16(13)19/h3-9,20H,10-11H2,1-2H3. The van der Waals surface area contributed by atoms with E-state index in [-0.39, 0.29) is 0 Å². The monoisotopic (exact) mass is 412 g/mol. The van der Waals surface area contributed by atoms with Gasteiger partial charge < -0.3 is 9.84 Å². The Morgan fingerprint density at radius 2 is 1.71 bits per heavy atom. The lowest BCUT2D eigenvalue weighted by Crippen LogP contribution is -2.30. The molecule has 0 aromatic heterocycles. The molecule has 0 aliphatic heterocycles. The quantitative estimate of drug-likeness (QED) is 0.765. The van der Waals surface area contributed by atoms with Gasteiger partial charge in [-0.15, -0.1) is 0 Å². The summed E-state index contributed by atoms with van der Waals surface area (Å²) in [5.74, 6) is 0.799. The van der Waals surface area contributed by atoms with Gasteiger partial charge in [0.25, 0.3) is 0 Å². The zero-order valence-electron chi connectivity index (χ0n) is 12.1. The first-order valence-electron chi connectivity index (χ1n) is 6.69. The first-order valence-corrected chi connectivity index (χ1v) is 8.27. The van der Waals surface area contributed by atoms with E-state index in [1.54, 1.807) is 7.11 Å². The number of aliphatic hydroxyl groups is 1. The topological polar surface area (TPSA) is 29.5 Å². The molecule has 112 valence electrons. The molecular weight excluding hydrogens is 396 g/mol. The maximum Gasteiger partial charge on any atom is 0.119 e. The van der Waals surface area contributed by atoms with Gasteiger partial charge in [0.15, 0.2) is 0 Å². The summed E-state index contributed by atoms with van der Waals surface area (Å²) < 4.78 is 7.28. The third-order valence-electron chi connectivity index (χ3n) is 3.32. The molecule has 1 unspecified atom stereocenters. The molecule has 1 N–H and O–H groups in total. The fourth-order valence-corrected chi connectivity index (χ4v) is 2.98. The molecule has 0 radical (unpaired) electrons. The third kappa shape index (κ3) is 4.83. The molecule has 2 aromatic rings. The minimum absolute atomic E-state index is 0.556. The highest BCUT2D eigenvalue weighted by Crippen LogP contribution is 2.28. The second kappa shape index (κ2) is 6.95. The number of hydrogen-bond acceptors (Lipinski definition) is 2. The van der Waals surface area contributed by atoms with Crippen molar-refractivity contribution < 1.29 is 9.84 Å². The molecule has 2 rings (SSSR count). The Morgan fingerprint density at radius 3 is 2.33 bits per heavy atom. The molecule has 1 atom stereocenters. The molecule has 0 aliphatic carbocycles. The number of rotatable bonds is 5. The summed E-state index contributed by atoms with van der Waals surface area (Å²) in [4.78, 5) is 0. The second-order valence-corrected chi connectivity index (χ2v) is 7.20. The van der Waals surface area contributed by atoms with Crippen molar-refractivity contribution in [3.8, 4) is 5.75 Å². The molecule has 0 bridgehead atoms. The van der Waals surface area contributed by atoms with Crippen molar-refractivity contribution in [2.24, 2.45) is 0 Å². The summed E-state index contributed by atoms with van der Waals surface area (Å²) in [6, 6.07) is 13.8. The molecule has 4 heteroatoms. The minimum atomic E-state index is -0.817. The van der Waals surface area contributed by atoms with E-state index in [0.29, 0.717) is 12.8 Å². The Balaban J connectivity index is 2.15. The summed E-state index contributed by atoms with van der Waals surface area (Å²) in [5.41, 5.74) is 1.33. The molecule has 2 aromatic carbocycles. The van der Waals surface area contributed by atoms with Gasteiger partial charge in [0.2, 0.25) is 0 Å². The maximum absolute atomic E-state index is 10.7. The molecule has 0 amide bonds. The first kappa shape index (κ1) is 16.5. The fraction of sp³-hybridized carbons (Fsp3) is 0.294. The van der Waals surface area contributed by atoms with Gasteiger partial charge in [0.05, 0.1) is 12.7 Å². The van der Waals surface area contributed by atoms with Crippen LogP contribution in [-0.2, 0) is 12.8 Å². The van der Waals surface area contributed by atoms with Crippen LogP contribution in [0.1, 0.15) is 18.1 Å². The lowest BCUT2D eigenvalue weighted by Gasteiger charge is -2.24. The van der Waals surface area contributed by atoms with E-state index in [1.807, 2.05) is 49.4 Å². The highest BCUT2D eigenvalue weighted by molar-refractivity contribution is 9.10. The zero-order valence-corrected chi connectivity index (χ0v) is 15.2. The van der Waals surface area contributed by atoms with Crippen molar-refractivity contribution in [3.63, 3.8) is 0 Å². The lowest BCUT2D eigenvalue weighted by atomic mass is 9.90. The van der Waals surface area contributed by atoms with Gasteiger partial charge in [-0.05, 0) is 48.4 Å². The SMILES string of the molecule is COc1ccc(Br)c(CC(C)(O)Cc2ccc(Br)cc2)c1. The van der Waals surface area contributed by atoms with Crippen molar-refractivity contribution in [2.75, 3.05) is 7.11 Å². The molecule has 0 saturated heterocycles.